The minimum atomic E-state index is -0.244. The van der Waals surface area contributed by atoms with E-state index in [0.29, 0.717) is 5.56 Å². The molecule has 3 nitrogen and oxygen atoms in total. The van der Waals surface area contributed by atoms with Crippen molar-refractivity contribution in [1.29, 1.82) is 0 Å². The Balaban J connectivity index is 0.00000225. The van der Waals surface area contributed by atoms with Gasteiger partial charge in [-0.25, -0.2) is 4.39 Å². The molecule has 0 saturated carbocycles. The Hall–Kier alpha value is -2.43. The number of hydrogen-bond donors (Lipinski definition) is 1. The van der Waals surface area contributed by atoms with Crippen LogP contribution in [0.4, 0.5) is 4.39 Å². The maximum atomic E-state index is 13.6. The number of hydrogen-bond acceptors (Lipinski definition) is 3. The standard InChI is InChI=1S/C20H19FN2O.ClH/c21-20-9-2-1-7-18(20)15-24-19-8-3-5-16(11-19)12-23-14-17-6-4-10-22-13-17;/h1-11,13,23H,12,14-15H2;1H. The lowest BCUT2D eigenvalue weighted by atomic mass is 10.2. The van der Waals surface area contributed by atoms with E-state index < -0.39 is 0 Å². The number of aromatic nitrogens is 1. The van der Waals surface area contributed by atoms with Crippen LogP contribution < -0.4 is 10.1 Å². The minimum absolute atomic E-state index is 0. The summed E-state index contributed by atoms with van der Waals surface area (Å²) >= 11 is 0. The zero-order valence-electron chi connectivity index (χ0n) is 13.7. The summed E-state index contributed by atoms with van der Waals surface area (Å²) < 4.78 is 19.3. The molecule has 0 aliphatic heterocycles. The average molecular weight is 359 g/mol. The zero-order chi connectivity index (χ0) is 16.6. The van der Waals surface area contributed by atoms with Gasteiger partial charge in [-0.3, -0.25) is 4.98 Å². The van der Waals surface area contributed by atoms with E-state index in [9.17, 15) is 4.39 Å². The molecule has 3 aromatic rings. The normalized spacial score (nSPS) is 10.1. The third kappa shape index (κ3) is 5.85. The number of halogens is 2. The fourth-order valence-electron chi connectivity index (χ4n) is 2.38. The van der Waals surface area contributed by atoms with Crippen molar-refractivity contribution >= 4 is 12.4 Å². The fraction of sp³-hybridized carbons (Fsp3) is 0.150. The molecule has 0 spiro atoms. The molecule has 0 fully saturated rings. The first-order valence-electron chi connectivity index (χ1n) is 7.86. The Morgan fingerprint density at radius 1 is 0.920 bits per heavy atom. The summed E-state index contributed by atoms with van der Waals surface area (Å²) in [6.07, 6.45) is 3.61. The van der Waals surface area contributed by atoms with Gasteiger partial charge in [-0.2, -0.15) is 0 Å². The van der Waals surface area contributed by atoms with E-state index in [4.69, 9.17) is 4.74 Å². The lowest BCUT2D eigenvalue weighted by molar-refractivity contribution is 0.299. The number of pyridine rings is 1. The first kappa shape index (κ1) is 18.9. The highest BCUT2D eigenvalue weighted by Crippen LogP contribution is 2.16. The van der Waals surface area contributed by atoms with Gasteiger partial charge in [-0.15, -0.1) is 12.4 Å². The Morgan fingerprint density at radius 2 is 1.72 bits per heavy atom. The van der Waals surface area contributed by atoms with Crippen molar-refractivity contribution in [3.8, 4) is 5.75 Å². The molecule has 0 radical (unpaired) electrons. The molecule has 0 saturated heterocycles. The maximum absolute atomic E-state index is 13.6. The van der Waals surface area contributed by atoms with Crippen molar-refractivity contribution in [2.45, 2.75) is 19.7 Å². The largest absolute Gasteiger partial charge is 0.489 e. The molecule has 1 N–H and O–H groups in total. The van der Waals surface area contributed by atoms with Gasteiger partial charge in [0.2, 0.25) is 0 Å². The van der Waals surface area contributed by atoms with Crippen molar-refractivity contribution < 1.29 is 9.13 Å². The summed E-state index contributed by atoms with van der Waals surface area (Å²) in [4.78, 5) is 4.09. The smallest absolute Gasteiger partial charge is 0.129 e. The van der Waals surface area contributed by atoms with Crippen molar-refractivity contribution in [3.63, 3.8) is 0 Å². The van der Waals surface area contributed by atoms with E-state index in [1.807, 2.05) is 42.6 Å². The number of nitrogens with one attached hydrogen (secondary N) is 1. The molecule has 25 heavy (non-hydrogen) atoms. The van der Waals surface area contributed by atoms with E-state index in [-0.39, 0.29) is 24.8 Å². The summed E-state index contributed by atoms with van der Waals surface area (Å²) in [5.41, 5.74) is 2.81. The topological polar surface area (TPSA) is 34.1 Å². The van der Waals surface area contributed by atoms with Crippen LogP contribution >= 0.6 is 12.4 Å². The van der Waals surface area contributed by atoms with Crippen LogP contribution in [0.5, 0.6) is 5.75 Å². The molecule has 5 heteroatoms. The molecular weight excluding hydrogens is 339 g/mol. The molecule has 2 aromatic carbocycles. The van der Waals surface area contributed by atoms with Crippen LogP contribution in [0.3, 0.4) is 0 Å². The van der Waals surface area contributed by atoms with Crippen molar-refractivity contribution in [2.75, 3.05) is 0 Å². The van der Waals surface area contributed by atoms with Gasteiger partial charge in [0.1, 0.15) is 18.2 Å². The van der Waals surface area contributed by atoms with Gasteiger partial charge in [0.05, 0.1) is 0 Å². The van der Waals surface area contributed by atoms with Crippen LogP contribution in [0.2, 0.25) is 0 Å². The highest BCUT2D eigenvalue weighted by atomic mass is 35.5. The van der Waals surface area contributed by atoms with E-state index in [2.05, 4.69) is 10.3 Å². The summed E-state index contributed by atoms with van der Waals surface area (Å²) in [6.45, 7) is 1.71. The summed E-state index contributed by atoms with van der Waals surface area (Å²) in [5, 5.41) is 3.37. The second-order valence-electron chi connectivity index (χ2n) is 5.49. The second kappa shape index (κ2) is 9.77. The molecule has 130 valence electrons. The zero-order valence-corrected chi connectivity index (χ0v) is 14.5. The summed E-state index contributed by atoms with van der Waals surface area (Å²) in [5.74, 6) is 0.491. The predicted octanol–water partition coefficient (Wildman–Crippen LogP) is 4.51. The average Bonchev–Trinajstić information content (AvgIpc) is 2.62. The van der Waals surface area contributed by atoms with Gasteiger partial charge in [0.15, 0.2) is 0 Å². The maximum Gasteiger partial charge on any atom is 0.129 e. The number of benzene rings is 2. The van der Waals surface area contributed by atoms with E-state index in [0.717, 1.165) is 30.0 Å². The highest BCUT2D eigenvalue weighted by Gasteiger charge is 2.02. The van der Waals surface area contributed by atoms with Crippen LogP contribution in [0.1, 0.15) is 16.7 Å². The van der Waals surface area contributed by atoms with Crippen LogP contribution in [-0.4, -0.2) is 4.98 Å². The first-order chi connectivity index (χ1) is 11.8. The van der Waals surface area contributed by atoms with Crippen molar-refractivity contribution in [1.82, 2.24) is 10.3 Å². The molecular formula is C20H20ClFN2O. The van der Waals surface area contributed by atoms with Crippen LogP contribution in [0.15, 0.2) is 73.1 Å². The van der Waals surface area contributed by atoms with Crippen molar-refractivity contribution in [3.05, 3.63) is 95.6 Å². The van der Waals surface area contributed by atoms with Gasteiger partial charge in [0, 0.05) is 31.0 Å². The predicted molar refractivity (Wildman–Crippen MR) is 99.2 cm³/mol. The minimum Gasteiger partial charge on any atom is -0.489 e. The second-order valence-corrected chi connectivity index (χ2v) is 5.49. The molecule has 0 bridgehead atoms. The Kier molecular flexibility index (Phi) is 7.38. The van der Waals surface area contributed by atoms with Crippen LogP contribution in [-0.2, 0) is 19.7 Å². The van der Waals surface area contributed by atoms with Gasteiger partial charge in [-0.1, -0.05) is 36.4 Å². The Bertz CT molecular complexity index is 783. The Labute approximate surface area is 153 Å². The number of ether oxygens (including phenoxy) is 1. The molecule has 0 aliphatic rings. The highest BCUT2D eigenvalue weighted by molar-refractivity contribution is 5.85. The van der Waals surface area contributed by atoms with Crippen molar-refractivity contribution in [2.24, 2.45) is 0 Å². The number of nitrogens with zero attached hydrogens (tertiary/aromatic N) is 1. The molecule has 0 amide bonds. The van der Waals surface area contributed by atoms with Crippen LogP contribution in [0, 0.1) is 5.82 Å². The molecule has 3 rings (SSSR count). The van der Waals surface area contributed by atoms with E-state index in [1.54, 1.807) is 24.4 Å². The molecule has 0 atom stereocenters. The molecule has 1 aromatic heterocycles. The Morgan fingerprint density at radius 3 is 2.52 bits per heavy atom. The van der Waals surface area contributed by atoms with Gasteiger partial charge < -0.3 is 10.1 Å². The van der Waals surface area contributed by atoms with E-state index in [1.165, 1.54) is 6.07 Å². The summed E-state index contributed by atoms with van der Waals surface area (Å²) in [7, 11) is 0. The lowest BCUT2D eigenvalue weighted by Gasteiger charge is -2.09. The third-order valence-electron chi connectivity index (χ3n) is 3.63. The quantitative estimate of drug-likeness (QED) is 0.674. The fourth-order valence-corrected chi connectivity index (χ4v) is 2.38. The molecule has 0 aliphatic carbocycles. The van der Waals surface area contributed by atoms with E-state index >= 15 is 0 Å². The first-order valence-corrected chi connectivity index (χ1v) is 7.86. The number of rotatable bonds is 7. The monoisotopic (exact) mass is 358 g/mol. The SMILES string of the molecule is Cl.Fc1ccccc1COc1cccc(CNCc2cccnc2)c1. The van der Waals surface area contributed by atoms with Gasteiger partial charge in [0.25, 0.3) is 0 Å². The molecule has 1 heterocycles. The van der Waals surface area contributed by atoms with Gasteiger partial charge in [-0.05, 0) is 35.4 Å². The lowest BCUT2D eigenvalue weighted by Crippen LogP contribution is -2.12. The van der Waals surface area contributed by atoms with Crippen LogP contribution in [0.25, 0.3) is 0 Å². The third-order valence-corrected chi connectivity index (χ3v) is 3.63. The summed E-state index contributed by atoms with van der Waals surface area (Å²) in [6, 6.07) is 18.4. The molecule has 0 unspecified atom stereocenters. The van der Waals surface area contributed by atoms with Gasteiger partial charge >= 0.3 is 0 Å².